The van der Waals surface area contributed by atoms with Crippen molar-refractivity contribution in [3.05, 3.63) is 68.7 Å². The monoisotopic (exact) mass is 377 g/mol. The minimum Gasteiger partial charge on any atom is -0.488 e. The number of carbonyl (C=O) groups excluding carboxylic acids is 1. The van der Waals surface area contributed by atoms with Gasteiger partial charge in [0, 0.05) is 21.6 Å². The summed E-state index contributed by atoms with van der Waals surface area (Å²) >= 11 is 9.26. The van der Waals surface area contributed by atoms with E-state index in [1.807, 2.05) is 36.4 Å². The van der Waals surface area contributed by atoms with Crippen LogP contribution < -0.4 is 10.1 Å². The average molecular weight is 379 g/mol. The third kappa shape index (κ3) is 3.51. The Morgan fingerprint density at radius 2 is 2.00 bits per heavy atom. The normalized spacial score (nSPS) is 12.9. The van der Waals surface area contributed by atoms with E-state index in [9.17, 15) is 4.79 Å². The molecule has 3 rings (SSSR count). The Morgan fingerprint density at radius 3 is 2.77 bits per heavy atom. The molecule has 0 fully saturated rings. The van der Waals surface area contributed by atoms with E-state index in [-0.39, 0.29) is 12.5 Å². The van der Waals surface area contributed by atoms with Crippen LogP contribution in [-0.2, 0) is 11.3 Å². The van der Waals surface area contributed by atoms with E-state index in [1.54, 1.807) is 12.1 Å². The molecule has 0 saturated heterocycles. The third-order valence-corrected chi connectivity index (χ3v) is 4.09. The van der Waals surface area contributed by atoms with Gasteiger partial charge in [0.2, 0.25) is 0 Å². The van der Waals surface area contributed by atoms with E-state index in [4.69, 9.17) is 16.3 Å². The van der Waals surface area contributed by atoms with Gasteiger partial charge in [0.15, 0.2) is 0 Å². The maximum absolute atomic E-state index is 12.2. The number of halogens is 2. The minimum absolute atomic E-state index is 0.124. The van der Waals surface area contributed by atoms with Crippen LogP contribution in [0.2, 0.25) is 5.02 Å². The van der Waals surface area contributed by atoms with Crippen LogP contribution in [-0.4, -0.2) is 12.5 Å². The number of fused-ring (bicyclic) bond motifs is 1. The van der Waals surface area contributed by atoms with Crippen LogP contribution in [0.4, 0.5) is 0 Å². The van der Waals surface area contributed by atoms with Crippen LogP contribution in [0.3, 0.4) is 0 Å². The second-order valence-corrected chi connectivity index (χ2v) is 6.30. The first kappa shape index (κ1) is 15.1. The highest BCUT2D eigenvalue weighted by molar-refractivity contribution is 9.10. The average Bonchev–Trinajstić information content (AvgIpc) is 2.53. The fraction of sp³-hybridized carbons (Fsp3) is 0.118. The minimum atomic E-state index is -0.124. The zero-order valence-corrected chi connectivity index (χ0v) is 13.9. The van der Waals surface area contributed by atoms with Crippen LogP contribution in [0.1, 0.15) is 11.1 Å². The van der Waals surface area contributed by atoms with Gasteiger partial charge in [-0.3, -0.25) is 4.79 Å². The summed E-state index contributed by atoms with van der Waals surface area (Å²) in [4.78, 5) is 12.2. The summed E-state index contributed by atoms with van der Waals surface area (Å²) in [6.45, 7) is 0.736. The molecule has 1 aliphatic rings. The first-order valence-corrected chi connectivity index (χ1v) is 7.94. The summed E-state index contributed by atoms with van der Waals surface area (Å²) in [6.07, 6.45) is 1.86. The maximum Gasteiger partial charge on any atom is 0.250 e. The van der Waals surface area contributed by atoms with Crippen molar-refractivity contribution in [2.45, 2.75) is 6.54 Å². The van der Waals surface area contributed by atoms with E-state index in [0.717, 1.165) is 21.3 Å². The molecule has 1 N–H and O–H groups in total. The second-order valence-electron chi connectivity index (χ2n) is 4.95. The van der Waals surface area contributed by atoms with Crippen LogP contribution >= 0.6 is 27.5 Å². The molecule has 0 unspecified atom stereocenters. The van der Waals surface area contributed by atoms with Gasteiger partial charge in [-0.15, -0.1) is 0 Å². The molecule has 2 aromatic rings. The largest absolute Gasteiger partial charge is 0.488 e. The highest BCUT2D eigenvalue weighted by Gasteiger charge is 2.17. The first-order chi connectivity index (χ1) is 10.6. The molecule has 3 nitrogen and oxygen atoms in total. The van der Waals surface area contributed by atoms with Gasteiger partial charge >= 0.3 is 0 Å². The number of rotatable bonds is 3. The summed E-state index contributed by atoms with van der Waals surface area (Å²) in [5, 5.41) is 3.57. The Labute approximate surface area is 142 Å². The van der Waals surface area contributed by atoms with Crippen molar-refractivity contribution in [2.75, 3.05) is 6.61 Å². The lowest BCUT2D eigenvalue weighted by Crippen LogP contribution is -2.28. The Balaban J connectivity index is 1.69. The summed E-state index contributed by atoms with van der Waals surface area (Å²) < 4.78 is 6.57. The molecule has 1 amide bonds. The van der Waals surface area contributed by atoms with Crippen molar-refractivity contribution < 1.29 is 9.53 Å². The quantitative estimate of drug-likeness (QED) is 0.869. The molecule has 1 heterocycles. The highest BCUT2D eigenvalue weighted by Crippen LogP contribution is 2.29. The van der Waals surface area contributed by atoms with Gasteiger partial charge in [0.05, 0.1) is 5.57 Å². The van der Waals surface area contributed by atoms with Crippen molar-refractivity contribution in [1.82, 2.24) is 5.32 Å². The summed E-state index contributed by atoms with van der Waals surface area (Å²) in [5.74, 6) is 0.665. The number of amides is 1. The van der Waals surface area contributed by atoms with Crippen LogP contribution in [0, 0.1) is 0 Å². The maximum atomic E-state index is 12.2. The molecule has 0 saturated carbocycles. The highest BCUT2D eigenvalue weighted by atomic mass is 79.9. The van der Waals surface area contributed by atoms with Gasteiger partial charge in [-0.2, -0.15) is 0 Å². The van der Waals surface area contributed by atoms with Gasteiger partial charge < -0.3 is 10.1 Å². The van der Waals surface area contributed by atoms with Gasteiger partial charge in [-0.25, -0.2) is 0 Å². The predicted molar refractivity (Wildman–Crippen MR) is 90.9 cm³/mol. The summed E-state index contributed by atoms with van der Waals surface area (Å²) in [6, 6.07) is 13.1. The van der Waals surface area contributed by atoms with Gasteiger partial charge in [-0.1, -0.05) is 39.7 Å². The molecule has 0 atom stereocenters. The predicted octanol–water partition coefficient (Wildman–Crippen LogP) is 4.19. The van der Waals surface area contributed by atoms with E-state index in [2.05, 4.69) is 21.2 Å². The molecule has 1 aliphatic heterocycles. The van der Waals surface area contributed by atoms with Crippen LogP contribution in [0.15, 0.2) is 52.5 Å². The second kappa shape index (κ2) is 6.55. The van der Waals surface area contributed by atoms with Crippen molar-refractivity contribution in [1.29, 1.82) is 0 Å². The van der Waals surface area contributed by atoms with Crippen molar-refractivity contribution >= 4 is 39.5 Å². The van der Waals surface area contributed by atoms with Crippen molar-refractivity contribution in [3.8, 4) is 5.75 Å². The molecule has 0 aromatic heterocycles. The van der Waals surface area contributed by atoms with Crippen LogP contribution in [0.25, 0.3) is 6.08 Å². The standard InChI is InChI=1S/C17H13BrClNO2/c18-14-3-6-16-12(8-14)7-13(10-22-16)17(21)20-9-11-1-4-15(19)5-2-11/h1-8H,9-10H2,(H,20,21). The van der Waals surface area contributed by atoms with Crippen molar-refractivity contribution in [2.24, 2.45) is 0 Å². The van der Waals surface area contributed by atoms with E-state index in [0.29, 0.717) is 17.1 Å². The molecule has 0 aliphatic carbocycles. The Kier molecular flexibility index (Phi) is 4.50. The zero-order valence-electron chi connectivity index (χ0n) is 11.6. The van der Waals surface area contributed by atoms with Gasteiger partial charge in [-0.05, 0) is 42.0 Å². The molecule has 0 bridgehead atoms. The zero-order chi connectivity index (χ0) is 15.5. The SMILES string of the molecule is O=C(NCc1ccc(Cl)cc1)C1=Cc2cc(Br)ccc2OC1. The van der Waals surface area contributed by atoms with Crippen LogP contribution in [0.5, 0.6) is 5.75 Å². The number of nitrogens with one attached hydrogen (secondary N) is 1. The number of carbonyl (C=O) groups is 1. The summed E-state index contributed by atoms with van der Waals surface area (Å²) in [5.41, 5.74) is 2.51. The smallest absolute Gasteiger partial charge is 0.250 e. The van der Waals surface area contributed by atoms with Gasteiger partial charge in [0.1, 0.15) is 12.4 Å². The first-order valence-electron chi connectivity index (χ1n) is 6.77. The molecule has 5 heteroatoms. The molecular formula is C17H13BrClNO2. The Hall–Kier alpha value is -1.78. The lowest BCUT2D eigenvalue weighted by atomic mass is 10.1. The topological polar surface area (TPSA) is 38.3 Å². The van der Waals surface area contributed by atoms with E-state index >= 15 is 0 Å². The molecule has 0 radical (unpaired) electrons. The number of benzene rings is 2. The molecular weight excluding hydrogens is 366 g/mol. The Bertz CT molecular complexity index is 741. The fourth-order valence-electron chi connectivity index (χ4n) is 2.18. The van der Waals surface area contributed by atoms with Crippen molar-refractivity contribution in [3.63, 3.8) is 0 Å². The lowest BCUT2D eigenvalue weighted by molar-refractivity contribution is -0.117. The lowest BCUT2D eigenvalue weighted by Gasteiger charge is -2.18. The number of ether oxygens (including phenoxy) is 1. The molecule has 22 heavy (non-hydrogen) atoms. The molecule has 112 valence electrons. The van der Waals surface area contributed by atoms with Gasteiger partial charge in [0.25, 0.3) is 5.91 Å². The van der Waals surface area contributed by atoms with E-state index in [1.165, 1.54) is 0 Å². The number of hydrogen-bond acceptors (Lipinski definition) is 2. The molecule has 2 aromatic carbocycles. The number of hydrogen-bond donors (Lipinski definition) is 1. The third-order valence-electron chi connectivity index (χ3n) is 3.34. The Morgan fingerprint density at radius 1 is 1.23 bits per heavy atom. The summed E-state index contributed by atoms with van der Waals surface area (Å²) in [7, 11) is 0. The van der Waals surface area contributed by atoms with E-state index < -0.39 is 0 Å². The molecule has 0 spiro atoms. The fourth-order valence-corrected chi connectivity index (χ4v) is 2.68.